The summed E-state index contributed by atoms with van der Waals surface area (Å²) in [6.07, 6.45) is 2.64. The van der Waals surface area contributed by atoms with E-state index in [1.165, 1.54) is 25.9 Å². The summed E-state index contributed by atoms with van der Waals surface area (Å²) >= 11 is 3.47. The maximum absolute atomic E-state index is 5.95. The molecule has 1 atom stereocenters. The van der Waals surface area contributed by atoms with Crippen molar-refractivity contribution < 1.29 is 4.74 Å². The van der Waals surface area contributed by atoms with Crippen molar-refractivity contribution in [1.29, 1.82) is 0 Å². The second-order valence-electron chi connectivity index (χ2n) is 4.87. The van der Waals surface area contributed by atoms with E-state index >= 15 is 0 Å². The van der Waals surface area contributed by atoms with Crippen LogP contribution in [0, 0.1) is 0 Å². The highest BCUT2D eigenvalue weighted by Gasteiger charge is 2.12. The van der Waals surface area contributed by atoms with Gasteiger partial charge >= 0.3 is 0 Å². The first-order valence-corrected chi connectivity index (χ1v) is 7.36. The maximum atomic E-state index is 5.95. The van der Waals surface area contributed by atoms with Gasteiger partial charge in [0.2, 0.25) is 0 Å². The molecule has 0 bridgehead atoms. The quantitative estimate of drug-likeness (QED) is 0.908. The Hall–Kier alpha value is -0.580. The molecule has 1 aliphatic rings. The molecule has 3 nitrogen and oxygen atoms in total. The van der Waals surface area contributed by atoms with Crippen LogP contribution >= 0.6 is 15.9 Å². The normalized spacial score (nSPS) is 17.9. The first kappa shape index (κ1) is 13.8. The summed E-state index contributed by atoms with van der Waals surface area (Å²) in [5, 5.41) is 0. The van der Waals surface area contributed by atoms with Crippen molar-refractivity contribution in [2.75, 3.05) is 26.2 Å². The number of hydrogen-bond donors (Lipinski definition) is 1. The number of nitrogens with zero attached hydrogens (tertiary/aromatic N) is 1. The first-order valence-electron chi connectivity index (χ1n) is 6.57. The minimum atomic E-state index is -0.000105. The molecular weight excluding hydrogens is 292 g/mol. The minimum absolute atomic E-state index is 0.000105. The molecule has 0 aliphatic carbocycles. The van der Waals surface area contributed by atoms with E-state index in [2.05, 4.69) is 20.8 Å². The number of halogens is 1. The van der Waals surface area contributed by atoms with Crippen LogP contribution in [-0.2, 0) is 0 Å². The van der Waals surface area contributed by atoms with Crippen LogP contribution in [0.5, 0.6) is 5.75 Å². The number of nitrogens with two attached hydrogens (primary N) is 1. The van der Waals surface area contributed by atoms with E-state index in [9.17, 15) is 0 Å². The van der Waals surface area contributed by atoms with Gasteiger partial charge in [0.25, 0.3) is 0 Å². The van der Waals surface area contributed by atoms with Crippen molar-refractivity contribution in [3.8, 4) is 5.75 Å². The molecular formula is C14H21BrN2O. The third-order valence-electron chi connectivity index (χ3n) is 3.33. The summed E-state index contributed by atoms with van der Waals surface area (Å²) in [4.78, 5) is 2.45. The molecule has 0 aromatic heterocycles. The molecule has 0 spiro atoms. The minimum Gasteiger partial charge on any atom is -0.492 e. The summed E-state index contributed by atoms with van der Waals surface area (Å²) in [5.41, 5.74) is 7.02. The molecule has 0 radical (unpaired) electrons. The lowest BCUT2D eigenvalue weighted by atomic mass is 10.1. The number of rotatable bonds is 5. The molecule has 100 valence electrons. The van der Waals surface area contributed by atoms with Gasteiger partial charge in [-0.1, -0.05) is 22.0 Å². The molecule has 0 saturated carbocycles. The van der Waals surface area contributed by atoms with Crippen molar-refractivity contribution in [3.05, 3.63) is 28.2 Å². The Bertz CT molecular complexity index is 389. The Morgan fingerprint density at radius 3 is 2.78 bits per heavy atom. The molecule has 1 aliphatic heterocycles. The number of benzene rings is 1. The van der Waals surface area contributed by atoms with Crippen LogP contribution in [0.25, 0.3) is 0 Å². The predicted molar refractivity (Wildman–Crippen MR) is 77.9 cm³/mol. The van der Waals surface area contributed by atoms with E-state index in [0.29, 0.717) is 0 Å². The van der Waals surface area contributed by atoms with Gasteiger partial charge in [-0.05, 0) is 45.0 Å². The van der Waals surface area contributed by atoms with Crippen LogP contribution in [0.3, 0.4) is 0 Å². The van der Waals surface area contributed by atoms with Gasteiger partial charge < -0.3 is 10.5 Å². The van der Waals surface area contributed by atoms with E-state index in [0.717, 1.165) is 28.9 Å². The van der Waals surface area contributed by atoms with Gasteiger partial charge in [-0.15, -0.1) is 0 Å². The van der Waals surface area contributed by atoms with Crippen LogP contribution in [-0.4, -0.2) is 31.1 Å². The van der Waals surface area contributed by atoms with E-state index < -0.39 is 0 Å². The first-order chi connectivity index (χ1) is 8.66. The average molecular weight is 313 g/mol. The van der Waals surface area contributed by atoms with Gasteiger partial charge in [-0.25, -0.2) is 0 Å². The molecule has 18 heavy (non-hydrogen) atoms. The zero-order valence-electron chi connectivity index (χ0n) is 10.9. The summed E-state index contributed by atoms with van der Waals surface area (Å²) in [5.74, 6) is 0.901. The van der Waals surface area contributed by atoms with Gasteiger partial charge in [0.1, 0.15) is 12.4 Å². The standard InChI is InChI=1S/C14H21BrN2O/c1-11(16)13-5-4-12(15)10-14(13)18-9-8-17-6-2-3-7-17/h4-5,10-11H,2-3,6-9,16H2,1H3. The van der Waals surface area contributed by atoms with Crippen LogP contribution in [0.1, 0.15) is 31.4 Å². The van der Waals surface area contributed by atoms with Gasteiger partial charge in [-0.2, -0.15) is 0 Å². The zero-order valence-corrected chi connectivity index (χ0v) is 12.4. The SMILES string of the molecule is CC(N)c1ccc(Br)cc1OCCN1CCCC1. The van der Waals surface area contributed by atoms with E-state index in [-0.39, 0.29) is 6.04 Å². The van der Waals surface area contributed by atoms with E-state index in [4.69, 9.17) is 10.5 Å². The molecule has 1 heterocycles. The highest BCUT2D eigenvalue weighted by atomic mass is 79.9. The van der Waals surface area contributed by atoms with Crippen LogP contribution in [0.15, 0.2) is 22.7 Å². The average Bonchev–Trinajstić information content (AvgIpc) is 2.82. The predicted octanol–water partition coefficient (Wildman–Crippen LogP) is 2.94. The molecule has 2 N–H and O–H groups in total. The molecule has 1 saturated heterocycles. The van der Waals surface area contributed by atoms with Gasteiger partial charge in [0, 0.05) is 22.6 Å². The largest absolute Gasteiger partial charge is 0.492 e. The Balaban J connectivity index is 1.92. The van der Waals surface area contributed by atoms with E-state index in [1.54, 1.807) is 0 Å². The molecule has 4 heteroatoms. The fraction of sp³-hybridized carbons (Fsp3) is 0.571. The van der Waals surface area contributed by atoms with Crippen molar-refractivity contribution in [2.45, 2.75) is 25.8 Å². The Morgan fingerprint density at radius 1 is 1.39 bits per heavy atom. The lowest BCUT2D eigenvalue weighted by molar-refractivity contribution is 0.235. The van der Waals surface area contributed by atoms with Gasteiger partial charge in [0.15, 0.2) is 0 Å². The lowest BCUT2D eigenvalue weighted by Gasteiger charge is -2.18. The number of hydrogen-bond acceptors (Lipinski definition) is 3. The zero-order chi connectivity index (χ0) is 13.0. The van der Waals surface area contributed by atoms with Crippen molar-refractivity contribution >= 4 is 15.9 Å². The third-order valence-corrected chi connectivity index (χ3v) is 3.82. The smallest absolute Gasteiger partial charge is 0.125 e. The summed E-state index contributed by atoms with van der Waals surface area (Å²) in [6, 6.07) is 6.04. The number of likely N-dealkylation sites (tertiary alicyclic amines) is 1. The van der Waals surface area contributed by atoms with Crippen molar-refractivity contribution in [3.63, 3.8) is 0 Å². The molecule has 1 aromatic carbocycles. The summed E-state index contributed by atoms with van der Waals surface area (Å²) < 4.78 is 6.92. The summed E-state index contributed by atoms with van der Waals surface area (Å²) in [7, 11) is 0. The van der Waals surface area contributed by atoms with Gasteiger partial charge in [0.05, 0.1) is 0 Å². The second kappa shape index (κ2) is 6.55. The summed E-state index contributed by atoms with van der Waals surface area (Å²) in [6.45, 7) is 6.14. The van der Waals surface area contributed by atoms with Crippen LogP contribution in [0.2, 0.25) is 0 Å². The second-order valence-corrected chi connectivity index (χ2v) is 5.78. The van der Waals surface area contributed by atoms with Crippen molar-refractivity contribution in [2.24, 2.45) is 5.73 Å². The fourth-order valence-electron chi connectivity index (χ4n) is 2.30. The topological polar surface area (TPSA) is 38.5 Å². The number of ether oxygens (including phenoxy) is 1. The lowest BCUT2D eigenvalue weighted by Crippen LogP contribution is -2.25. The highest BCUT2D eigenvalue weighted by molar-refractivity contribution is 9.10. The van der Waals surface area contributed by atoms with Crippen LogP contribution in [0.4, 0.5) is 0 Å². The highest BCUT2D eigenvalue weighted by Crippen LogP contribution is 2.27. The van der Waals surface area contributed by atoms with E-state index in [1.807, 2.05) is 25.1 Å². The molecule has 2 rings (SSSR count). The fourth-order valence-corrected chi connectivity index (χ4v) is 2.64. The Morgan fingerprint density at radius 2 is 2.11 bits per heavy atom. The third kappa shape index (κ3) is 3.70. The monoisotopic (exact) mass is 312 g/mol. The van der Waals surface area contributed by atoms with Crippen LogP contribution < -0.4 is 10.5 Å². The molecule has 1 fully saturated rings. The maximum Gasteiger partial charge on any atom is 0.125 e. The van der Waals surface area contributed by atoms with Gasteiger partial charge in [-0.3, -0.25) is 4.90 Å². The Kier molecular flexibility index (Phi) is 5.03. The Labute approximate surface area is 117 Å². The molecule has 0 amide bonds. The molecule has 1 aromatic rings. The van der Waals surface area contributed by atoms with Crippen molar-refractivity contribution in [1.82, 2.24) is 4.90 Å². The molecule has 1 unspecified atom stereocenters.